The normalized spacial score (nSPS) is 10.8. The van der Waals surface area contributed by atoms with Crippen LogP contribution in [0, 0.1) is 6.92 Å². The second-order valence-corrected chi connectivity index (χ2v) is 4.39. The summed E-state index contributed by atoms with van der Waals surface area (Å²) < 4.78 is 5.07. The van der Waals surface area contributed by atoms with Crippen molar-refractivity contribution in [2.45, 2.75) is 33.3 Å². The fraction of sp³-hybridized carbons (Fsp3) is 0.455. The van der Waals surface area contributed by atoms with Crippen molar-refractivity contribution >= 4 is 11.8 Å². The summed E-state index contributed by atoms with van der Waals surface area (Å²) in [5.74, 6) is 0. The predicted octanol–water partition coefficient (Wildman–Crippen LogP) is 2.24. The number of ether oxygens (including phenoxy) is 1. The Labute approximate surface area is 95.2 Å². The van der Waals surface area contributed by atoms with Gasteiger partial charge in [0.25, 0.3) is 0 Å². The first-order chi connectivity index (χ1) is 7.38. The van der Waals surface area contributed by atoms with Crippen LogP contribution in [0.4, 0.5) is 10.5 Å². The number of aryl methyl sites for hydroxylation is 1. The lowest BCUT2D eigenvalue weighted by Crippen LogP contribution is -2.36. The van der Waals surface area contributed by atoms with Crippen LogP contribution in [-0.4, -0.2) is 16.7 Å². The summed E-state index contributed by atoms with van der Waals surface area (Å²) >= 11 is 0. The molecule has 0 aliphatic carbocycles. The third-order valence-corrected chi connectivity index (χ3v) is 1.71. The number of hydrazine groups is 1. The van der Waals surface area contributed by atoms with E-state index in [1.807, 2.05) is 33.8 Å². The van der Waals surface area contributed by atoms with Crippen molar-refractivity contribution in [2.24, 2.45) is 0 Å². The Hall–Kier alpha value is -1.78. The van der Waals surface area contributed by atoms with Gasteiger partial charge in [-0.2, -0.15) is 0 Å². The number of anilines is 1. The van der Waals surface area contributed by atoms with E-state index in [4.69, 9.17) is 4.74 Å². The number of pyridine rings is 1. The van der Waals surface area contributed by atoms with E-state index in [1.54, 1.807) is 12.3 Å². The zero-order valence-corrected chi connectivity index (χ0v) is 10.00. The van der Waals surface area contributed by atoms with E-state index in [-0.39, 0.29) is 0 Å². The average Bonchev–Trinajstić information content (AvgIpc) is 2.14. The van der Waals surface area contributed by atoms with Gasteiger partial charge >= 0.3 is 6.09 Å². The van der Waals surface area contributed by atoms with Gasteiger partial charge in [-0.05, 0) is 39.8 Å². The number of nitrogens with zero attached hydrogens (tertiary/aromatic N) is 1. The highest BCUT2D eigenvalue weighted by Gasteiger charge is 2.15. The van der Waals surface area contributed by atoms with Crippen LogP contribution in [0.2, 0.25) is 0 Å². The molecule has 5 nitrogen and oxygen atoms in total. The van der Waals surface area contributed by atoms with Crippen molar-refractivity contribution in [3.05, 3.63) is 24.0 Å². The molecule has 0 bridgehead atoms. The first kappa shape index (κ1) is 12.3. The van der Waals surface area contributed by atoms with Crippen LogP contribution in [0.3, 0.4) is 0 Å². The number of aromatic nitrogens is 1. The Morgan fingerprint density at radius 1 is 1.44 bits per heavy atom. The first-order valence-electron chi connectivity index (χ1n) is 5.05. The minimum atomic E-state index is -0.518. The van der Waals surface area contributed by atoms with Gasteiger partial charge in [0.2, 0.25) is 0 Å². The van der Waals surface area contributed by atoms with E-state index < -0.39 is 11.7 Å². The molecule has 0 fully saturated rings. The van der Waals surface area contributed by atoms with Crippen molar-refractivity contribution in [3.8, 4) is 0 Å². The summed E-state index contributed by atoms with van der Waals surface area (Å²) in [5.41, 5.74) is 6.24. The van der Waals surface area contributed by atoms with Crippen molar-refractivity contribution in [2.75, 3.05) is 5.43 Å². The highest BCUT2D eigenvalue weighted by Crippen LogP contribution is 2.09. The van der Waals surface area contributed by atoms with Crippen LogP contribution in [-0.2, 0) is 4.74 Å². The molecule has 0 radical (unpaired) electrons. The van der Waals surface area contributed by atoms with Crippen LogP contribution < -0.4 is 10.9 Å². The van der Waals surface area contributed by atoms with Gasteiger partial charge in [-0.1, -0.05) is 0 Å². The predicted molar refractivity (Wildman–Crippen MR) is 62.0 cm³/mol. The molecule has 2 N–H and O–H groups in total. The Kier molecular flexibility index (Phi) is 3.71. The van der Waals surface area contributed by atoms with Crippen LogP contribution in [0.25, 0.3) is 0 Å². The third-order valence-electron chi connectivity index (χ3n) is 1.71. The summed E-state index contributed by atoms with van der Waals surface area (Å²) in [4.78, 5) is 15.4. The zero-order chi connectivity index (χ0) is 12.2. The summed E-state index contributed by atoms with van der Waals surface area (Å²) in [5, 5.41) is 0. The summed E-state index contributed by atoms with van der Waals surface area (Å²) in [6.45, 7) is 7.27. The number of amides is 1. The van der Waals surface area contributed by atoms with Gasteiger partial charge in [0.15, 0.2) is 0 Å². The Morgan fingerprint density at radius 2 is 2.12 bits per heavy atom. The molecule has 0 aromatic carbocycles. The molecule has 0 saturated heterocycles. The number of hydrogen-bond acceptors (Lipinski definition) is 4. The minimum absolute atomic E-state index is 0.504. The maximum atomic E-state index is 11.3. The second kappa shape index (κ2) is 4.83. The number of carbonyl (C=O) groups is 1. The van der Waals surface area contributed by atoms with Crippen molar-refractivity contribution < 1.29 is 9.53 Å². The molecule has 0 aliphatic heterocycles. The lowest BCUT2D eigenvalue weighted by atomic mass is 10.2. The molecular formula is C11H17N3O2. The molecule has 0 atom stereocenters. The van der Waals surface area contributed by atoms with Gasteiger partial charge in [-0.25, -0.2) is 10.2 Å². The number of hydrogen-bond donors (Lipinski definition) is 2. The molecule has 88 valence electrons. The van der Waals surface area contributed by atoms with Gasteiger partial charge in [-0.15, -0.1) is 0 Å². The molecule has 0 spiro atoms. The molecule has 1 rings (SSSR count). The lowest BCUT2D eigenvalue weighted by Gasteiger charge is -2.20. The fourth-order valence-electron chi connectivity index (χ4n) is 1.04. The standard InChI is InChI=1S/C11H17N3O2/c1-8-9(6-5-7-12-8)13-14-10(15)16-11(2,3)4/h5-7,13H,1-4H3,(H,14,15). The topological polar surface area (TPSA) is 63.2 Å². The Morgan fingerprint density at radius 3 is 2.69 bits per heavy atom. The fourth-order valence-corrected chi connectivity index (χ4v) is 1.04. The zero-order valence-electron chi connectivity index (χ0n) is 10.00. The van der Waals surface area contributed by atoms with E-state index in [0.717, 1.165) is 11.4 Å². The summed E-state index contributed by atoms with van der Waals surface area (Å²) in [7, 11) is 0. The molecule has 0 unspecified atom stereocenters. The number of rotatable bonds is 2. The quantitative estimate of drug-likeness (QED) is 0.755. The lowest BCUT2D eigenvalue weighted by molar-refractivity contribution is 0.0541. The largest absolute Gasteiger partial charge is 0.443 e. The van der Waals surface area contributed by atoms with E-state index in [0.29, 0.717) is 0 Å². The van der Waals surface area contributed by atoms with E-state index >= 15 is 0 Å². The van der Waals surface area contributed by atoms with Crippen LogP contribution >= 0.6 is 0 Å². The summed E-state index contributed by atoms with van der Waals surface area (Å²) in [6, 6.07) is 3.60. The van der Waals surface area contributed by atoms with Gasteiger partial charge < -0.3 is 4.74 Å². The van der Waals surface area contributed by atoms with E-state index in [2.05, 4.69) is 15.8 Å². The molecule has 5 heteroatoms. The maximum Gasteiger partial charge on any atom is 0.426 e. The maximum absolute atomic E-state index is 11.3. The first-order valence-corrected chi connectivity index (χ1v) is 5.05. The number of nitrogens with one attached hydrogen (secondary N) is 2. The third kappa shape index (κ3) is 4.16. The Balaban J connectivity index is 2.47. The van der Waals surface area contributed by atoms with Crippen LogP contribution in [0.5, 0.6) is 0 Å². The van der Waals surface area contributed by atoms with Crippen LogP contribution in [0.1, 0.15) is 26.5 Å². The highest BCUT2D eigenvalue weighted by atomic mass is 16.6. The molecule has 1 heterocycles. The van der Waals surface area contributed by atoms with E-state index in [1.165, 1.54) is 0 Å². The minimum Gasteiger partial charge on any atom is -0.443 e. The van der Waals surface area contributed by atoms with Gasteiger partial charge in [-0.3, -0.25) is 10.4 Å². The molecule has 1 amide bonds. The highest BCUT2D eigenvalue weighted by molar-refractivity contribution is 5.70. The van der Waals surface area contributed by atoms with E-state index in [9.17, 15) is 4.79 Å². The van der Waals surface area contributed by atoms with Crippen molar-refractivity contribution in [1.82, 2.24) is 10.4 Å². The van der Waals surface area contributed by atoms with Gasteiger partial charge in [0, 0.05) is 6.20 Å². The van der Waals surface area contributed by atoms with Gasteiger partial charge in [0.1, 0.15) is 5.60 Å². The molecule has 1 aromatic rings. The monoisotopic (exact) mass is 223 g/mol. The number of carbonyl (C=O) groups excluding carboxylic acids is 1. The van der Waals surface area contributed by atoms with Crippen molar-refractivity contribution in [1.29, 1.82) is 0 Å². The molecule has 1 aromatic heterocycles. The van der Waals surface area contributed by atoms with Gasteiger partial charge in [0.05, 0.1) is 11.4 Å². The smallest absolute Gasteiger partial charge is 0.426 e. The van der Waals surface area contributed by atoms with Crippen LogP contribution in [0.15, 0.2) is 18.3 Å². The molecular weight excluding hydrogens is 206 g/mol. The molecule has 0 saturated carbocycles. The van der Waals surface area contributed by atoms with Crippen molar-refractivity contribution in [3.63, 3.8) is 0 Å². The second-order valence-electron chi connectivity index (χ2n) is 4.39. The summed E-state index contributed by atoms with van der Waals surface area (Å²) in [6.07, 6.45) is 1.17. The average molecular weight is 223 g/mol. The SMILES string of the molecule is Cc1ncccc1NNC(=O)OC(C)(C)C. The molecule has 16 heavy (non-hydrogen) atoms. The Bertz CT molecular complexity index is 372. The molecule has 0 aliphatic rings.